The highest BCUT2D eigenvalue weighted by molar-refractivity contribution is 7.99. The molecule has 0 saturated carbocycles. The zero-order chi connectivity index (χ0) is 45.6. The van der Waals surface area contributed by atoms with Crippen LogP contribution in [0.1, 0.15) is 52.0 Å². The number of fused-ring (bicyclic) bond motifs is 1. The predicted molar refractivity (Wildman–Crippen MR) is 266 cm³/mol. The maximum absolute atomic E-state index is 13.9. The number of rotatable bonds is 17. The van der Waals surface area contributed by atoms with Crippen LogP contribution in [0.2, 0.25) is 5.02 Å². The van der Waals surface area contributed by atoms with E-state index in [1.807, 2.05) is 48.5 Å². The number of benzene rings is 4. The molecule has 0 unspecified atom stereocenters. The highest BCUT2D eigenvalue weighted by Gasteiger charge is 2.30. The largest absolute Gasteiger partial charge is 0.376 e. The number of piperazine rings is 2. The van der Waals surface area contributed by atoms with E-state index in [4.69, 9.17) is 11.6 Å². The number of nitro groups is 1. The fourth-order valence-electron chi connectivity index (χ4n) is 9.26. The first-order chi connectivity index (χ1) is 31.3. The van der Waals surface area contributed by atoms with Crippen molar-refractivity contribution in [3.63, 3.8) is 0 Å². The highest BCUT2D eigenvalue weighted by Crippen LogP contribution is 2.43. The van der Waals surface area contributed by atoms with Gasteiger partial charge in [-0.1, -0.05) is 68.3 Å². The highest BCUT2D eigenvalue weighted by atomic mass is 35.5. The summed E-state index contributed by atoms with van der Waals surface area (Å²) in [6, 6.07) is 28.1. The van der Waals surface area contributed by atoms with Gasteiger partial charge in [-0.25, -0.2) is 18.4 Å². The molecule has 2 fully saturated rings. The van der Waals surface area contributed by atoms with E-state index in [9.17, 15) is 18.5 Å². The van der Waals surface area contributed by atoms with Crippen LogP contribution in [0.15, 0.2) is 113 Å². The summed E-state index contributed by atoms with van der Waals surface area (Å²) in [4.78, 5) is 31.5. The van der Waals surface area contributed by atoms with Crippen LogP contribution in [0.3, 0.4) is 0 Å². The summed E-state index contributed by atoms with van der Waals surface area (Å²) in [5, 5.41) is 17.2. The number of hydrogen-bond acceptors (Lipinski definition) is 12. The van der Waals surface area contributed by atoms with Crippen LogP contribution < -0.4 is 14.9 Å². The summed E-state index contributed by atoms with van der Waals surface area (Å²) in [6.07, 6.45) is 5.42. The summed E-state index contributed by atoms with van der Waals surface area (Å²) < 4.78 is 30.5. The Labute approximate surface area is 392 Å². The minimum Gasteiger partial charge on any atom is -0.376 e. The second kappa shape index (κ2) is 20.8. The van der Waals surface area contributed by atoms with Crippen molar-refractivity contribution in [1.82, 2.24) is 24.7 Å². The first kappa shape index (κ1) is 46.7. The molecule has 16 heteroatoms. The molecule has 8 rings (SSSR count). The number of sulfonamides is 1. The number of thioether (sulfide) groups is 1. The molecule has 1 aliphatic carbocycles. The number of nitro benzene ring substituents is 1. The molecule has 13 nitrogen and oxygen atoms in total. The van der Waals surface area contributed by atoms with Crippen molar-refractivity contribution in [2.75, 3.05) is 92.7 Å². The van der Waals surface area contributed by atoms with Crippen molar-refractivity contribution in [3.05, 3.63) is 124 Å². The molecule has 2 saturated heterocycles. The van der Waals surface area contributed by atoms with Gasteiger partial charge in [-0.3, -0.25) is 19.7 Å². The molecular formula is C49H60ClN9O4S2. The molecule has 0 amide bonds. The van der Waals surface area contributed by atoms with Crippen LogP contribution in [0.4, 0.5) is 22.9 Å². The van der Waals surface area contributed by atoms with Gasteiger partial charge in [0.2, 0.25) is 0 Å². The summed E-state index contributed by atoms with van der Waals surface area (Å²) in [5.41, 5.74) is 6.08. The van der Waals surface area contributed by atoms with E-state index in [-0.39, 0.29) is 33.5 Å². The maximum atomic E-state index is 13.9. The first-order valence-electron chi connectivity index (χ1n) is 22.7. The Morgan fingerprint density at radius 1 is 0.877 bits per heavy atom. The zero-order valence-electron chi connectivity index (χ0n) is 37.6. The lowest BCUT2D eigenvalue weighted by atomic mass is 9.73. The van der Waals surface area contributed by atoms with Crippen molar-refractivity contribution in [2.45, 2.75) is 62.3 Å². The van der Waals surface area contributed by atoms with Crippen LogP contribution >= 0.6 is 23.4 Å². The molecule has 0 spiro atoms. The average Bonchev–Trinajstić information content (AvgIpc) is 3.30. The molecule has 0 bridgehead atoms. The van der Waals surface area contributed by atoms with Gasteiger partial charge < -0.3 is 20.0 Å². The van der Waals surface area contributed by atoms with Crippen molar-refractivity contribution in [1.29, 1.82) is 0 Å². The van der Waals surface area contributed by atoms with Gasteiger partial charge in [0.1, 0.15) is 12.0 Å². The summed E-state index contributed by atoms with van der Waals surface area (Å²) in [5.74, 6) is 0.786. The molecule has 0 radical (unpaired) electrons. The van der Waals surface area contributed by atoms with Crippen LogP contribution in [0.5, 0.6) is 0 Å². The quantitative estimate of drug-likeness (QED) is 0.0522. The number of nitrogens with zero attached hydrogens (tertiary/aromatic N) is 7. The Morgan fingerprint density at radius 3 is 2.32 bits per heavy atom. The molecule has 3 aliphatic rings. The van der Waals surface area contributed by atoms with Gasteiger partial charge in [0.05, 0.1) is 15.3 Å². The van der Waals surface area contributed by atoms with Gasteiger partial charge >= 0.3 is 0 Å². The number of halogens is 1. The lowest BCUT2D eigenvalue weighted by Gasteiger charge is -2.39. The number of allylic oxidation sites excluding steroid dienone is 1. The lowest BCUT2D eigenvalue weighted by molar-refractivity contribution is -0.384. The monoisotopic (exact) mass is 937 g/mol. The van der Waals surface area contributed by atoms with E-state index in [0.29, 0.717) is 16.7 Å². The summed E-state index contributed by atoms with van der Waals surface area (Å²) in [6.45, 7) is 17.3. The number of nitrogens with one attached hydrogen (secondary N) is 2. The molecular weight excluding hydrogens is 878 g/mol. The second-order valence-corrected chi connectivity index (χ2v) is 21.4. The van der Waals surface area contributed by atoms with Crippen LogP contribution in [-0.4, -0.2) is 122 Å². The van der Waals surface area contributed by atoms with Gasteiger partial charge in [-0.05, 0) is 103 Å². The Kier molecular flexibility index (Phi) is 15.0. The van der Waals surface area contributed by atoms with Gasteiger partial charge in [0.15, 0.2) is 5.82 Å². The molecule has 3 heterocycles. The molecule has 1 atom stereocenters. The van der Waals surface area contributed by atoms with E-state index in [2.05, 4.69) is 84.6 Å². The van der Waals surface area contributed by atoms with E-state index < -0.39 is 14.9 Å². The molecule has 2 aliphatic heterocycles. The maximum Gasteiger partial charge on any atom is 0.293 e. The second-order valence-electron chi connectivity index (χ2n) is 18.2. The van der Waals surface area contributed by atoms with Gasteiger partial charge in [-0.2, -0.15) is 0 Å². The fourth-order valence-corrected chi connectivity index (χ4v) is 11.4. The topological polar surface area (TPSA) is 140 Å². The van der Waals surface area contributed by atoms with Crippen molar-refractivity contribution >= 4 is 72.7 Å². The molecule has 1 aromatic heterocycles. The predicted octanol–water partition coefficient (Wildman–Crippen LogP) is 9.38. The minimum atomic E-state index is -4.28. The molecule has 5 aromatic rings. The van der Waals surface area contributed by atoms with Crippen LogP contribution in [0.25, 0.3) is 16.5 Å². The summed E-state index contributed by atoms with van der Waals surface area (Å²) >= 11 is 7.92. The Bertz CT molecular complexity index is 2580. The molecule has 2 N–H and O–H groups in total. The van der Waals surface area contributed by atoms with Crippen molar-refractivity contribution in [3.8, 4) is 0 Å². The van der Waals surface area contributed by atoms with Gasteiger partial charge in [-0.15, -0.1) is 11.8 Å². The average molecular weight is 939 g/mol. The third-order valence-corrected chi connectivity index (χ3v) is 15.9. The third-order valence-electron chi connectivity index (χ3n) is 13.1. The molecule has 65 heavy (non-hydrogen) atoms. The Hall–Kier alpha value is -4.77. The fraction of sp³-hybridized carbons (Fsp3) is 0.429. The minimum absolute atomic E-state index is 0.106. The molecule has 344 valence electrons. The first-order valence-corrected chi connectivity index (χ1v) is 25.6. The number of aromatic nitrogens is 2. The molecule has 4 aromatic carbocycles. The lowest BCUT2D eigenvalue weighted by Crippen LogP contribution is -2.47. The van der Waals surface area contributed by atoms with E-state index in [1.165, 1.54) is 35.2 Å². The Balaban J connectivity index is 0.932. The number of hydrogen-bond donors (Lipinski definition) is 2. The third kappa shape index (κ3) is 12.0. The van der Waals surface area contributed by atoms with E-state index >= 15 is 0 Å². The standard InChI is InChI=1S/C49H60ClN9O4S2/c1-4-55-22-24-56(25-23-55)21-19-39(34-64-41-8-6-5-7-9-41)53-45-17-15-42(31-47(45)59(60)61)65(62,63)54-48-44-16-14-40(30-46(44)51-35-52-48)58-28-26-57(27-29-58)33-37-32-49(2,3)20-18-43(37)36-10-12-38(50)13-11-36/h5-17,30-31,35,39,53H,4,18-29,32-34H2,1-3H3,(H,51,52,54)/t39-/m1/s1. The Morgan fingerprint density at radius 2 is 1.60 bits per heavy atom. The van der Waals surface area contributed by atoms with E-state index in [1.54, 1.807) is 11.8 Å². The van der Waals surface area contributed by atoms with Crippen LogP contribution in [-0.2, 0) is 10.0 Å². The van der Waals surface area contributed by atoms with Crippen LogP contribution in [0, 0.1) is 15.5 Å². The van der Waals surface area contributed by atoms with E-state index in [0.717, 1.165) is 119 Å². The normalized spacial score (nSPS) is 18.2. The number of likely N-dealkylation sites (N-methyl/N-ethyl adjacent to an activating group) is 1. The van der Waals surface area contributed by atoms with Crippen molar-refractivity contribution < 1.29 is 13.3 Å². The van der Waals surface area contributed by atoms with Gasteiger partial charge in [0, 0.05) is 104 Å². The van der Waals surface area contributed by atoms with Crippen molar-refractivity contribution in [2.24, 2.45) is 5.41 Å². The zero-order valence-corrected chi connectivity index (χ0v) is 40.0. The smallest absolute Gasteiger partial charge is 0.293 e. The summed E-state index contributed by atoms with van der Waals surface area (Å²) in [7, 11) is -4.28. The van der Waals surface area contributed by atoms with Gasteiger partial charge in [0.25, 0.3) is 15.7 Å². The number of anilines is 3. The SMILES string of the molecule is CCN1CCN(CC[C@H](CSc2ccccc2)Nc2ccc(S(=O)(=O)Nc3ncnc4cc(N5CCN(CC6=C(c7ccc(Cl)cc7)CCC(C)(C)C6)CC5)ccc34)cc2[N+](=O)[O-])CC1.